The van der Waals surface area contributed by atoms with Gasteiger partial charge in [-0.15, -0.1) is 6.42 Å². The van der Waals surface area contributed by atoms with Crippen LogP contribution in [0.1, 0.15) is 62.5 Å². The van der Waals surface area contributed by atoms with Crippen LogP contribution in [0.3, 0.4) is 0 Å². The first kappa shape index (κ1) is 32.2. The van der Waals surface area contributed by atoms with E-state index in [0.717, 1.165) is 18.5 Å². The molecule has 2 N–H and O–H groups in total. The number of piperazine rings is 1. The number of aromatic nitrogens is 3. The van der Waals surface area contributed by atoms with Crippen molar-refractivity contribution in [2.45, 2.75) is 37.8 Å². The summed E-state index contributed by atoms with van der Waals surface area (Å²) in [6.45, 7) is 7.24. The van der Waals surface area contributed by atoms with Gasteiger partial charge in [-0.3, -0.25) is 24.3 Å². The number of hydrogen-bond donors (Lipinski definition) is 2. The molecule has 46 heavy (non-hydrogen) atoms. The highest BCUT2D eigenvalue weighted by Crippen LogP contribution is 2.39. The van der Waals surface area contributed by atoms with Gasteiger partial charge in [-0.25, -0.2) is 14.4 Å². The Kier molecular flexibility index (Phi) is 9.72. The molecule has 2 fully saturated rings. The molecule has 5 rings (SSSR count). The lowest BCUT2D eigenvalue weighted by Gasteiger charge is -2.40. The average Bonchev–Trinajstić information content (AvgIpc) is 3.90. The Morgan fingerprint density at radius 3 is 2.54 bits per heavy atom. The Labute approximate surface area is 267 Å². The zero-order valence-corrected chi connectivity index (χ0v) is 26.2. The zero-order valence-electron chi connectivity index (χ0n) is 26.2. The smallest absolute Gasteiger partial charge is 0.278 e. The predicted molar refractivity (Wildman–Crippen MR) is 173 cm³/mol. The van der Waals surface area contributed by atoms with E-state index < -0.39 is 23.5 Å². The molecule has 0 aromatic carbocycles. The largest absolute Gasteiger partial charge is 0.374 e. The molecule has 3 aromatic rings. The molecular weight excluding hydrogens is 587 g/mol. The number of carbonyl (C=O) groups is 3. The molecule has 1 aliphatic carbocycles. The molecule has 3 aromatic heterocycles. The van der Waals surface area contributed by atoms with E-state index in [1.165, 1.54) is 35.0 Å². The van der Waals surface area contributed by atoms with Crippen LogP contribution in [0.5, 0.6) is 0 Å². The minimum atomic E-state index is -0.820. The van der Waals surface area contributed by atoms with Crippen LogP contribution in [-0.4, -0.2) is 93.7 Å². The highest BCUT2D eigenvalue weighted by molar-refractivity contribution is 6.03. The fourth-order valence-corrected chi connectivity index (χ4v) is 5.41. The third-order valence-corrected chi connectivity index (χ3v) is 8.13. The number of terminal acetylenes is 1. The molecular formula is C34H37FN8O3. The molecule has 1 aliphatic heterocycles. The Morgan fingerprint density at radius 1 is 1.15 bits per heavy atom. The fourth-order valence-electron chi connectivity index (χ4n) is 5.41. The van der Waals surface area contributed by atoms with Gasteiger partial charge in [0.15, 0.2) is 11.5 Å². The van der Waals surface area contributed by atoms with E-state index >= 15 is 4.39 Å². The van der Waals surface area contributed by atoms with Crippen LogP contribution in [0.2, 0.25) is 0 Å². The monoisotopic (exact) mass is 624 g/mol. The van der Waals surface area contributed by atoms with Gasteiger partial charge in [0.05, 0.1) is 29.2 Å². The van der Waals surface area contributed by atoms with E-state index in [9.17, 15) is 14.4 Å². The molecule has 2 atom stereocenters. The number of hydrogen-bond acceptors (Lipinski definition) is 8. The molecule has 4 heterocycles. The maximum Gasteiger partial charge on any atom is 0.278 e. The maximum absolute atomic E-state index is 15.3. The number of halogens is 1. The molecule has 0 radical (unpaired) electrons. The summed E-state index contributed by atoms with van der Waals surface area (Å²) in [6.07, 6.45) is 14.0. The summed E-state index contributed by atoms with van der Waals surface area (Å²) in [6, 6.07) is 6.09. The van der Waals surface area contributed by atoms with Crippen molar-refractivity contribution in [3.63, 3.8) is 0 Å². The van der Waals surface area contributed by atoms with E-state index in [-0.39, 0.29) is 23.7 Å². The minimum Gasteiger partial charge on any atom is -0.374 e. The van der Waals surface area contributed by atoms with Crippen LogP contribution in [0, 0.1) is 25.1 Å². The van der Waals surface area contributed by atoms with Gasteiger partial charge in [0, 0.05) is 58.7 Å². The molecule has 0 unspecified atom stereocenters. The number of amides is 3. The molecule has 1 saturated carbocycles. The second-order valence-electron chi connectivity index (χ2n) is 11.8. The lowest BCUT2D eigenvalue weighted by Crippen LogP contribution is -2.55. The van der Waals surface area contributed by atoms with Crippen molar-refractivity contribution >= 4 is 29.2 Å². The van der Waals surface area contributed by atoms with Crippen LogP contribution in [-0.2, 0) is 4.79 Å². The van der Waals surface area contributed by atoms with Crippen LogP contribution in [0.4, 0.5) is 15.9 Å². The molecule has 2 aliphatic rings. The first-order valence-electron chi connectivity index (χ1n) is 15.1. The van der Waals surface area contributed by atoms with Crippen LogP contribution in [0.25, 0.3) is 0 Å². The van der Waals surface area contributed by atoms with Crippen LogP contribution in [0.15, 0.2) is 55.5 Å². The summed E-state index contributed by atoms with van der Waals surface area (Å²) in [5.74, 6) is 1.43. The van der Waals surface area contributed by atoms with Crippen molar-refractivity contribution in [3.05, 3.63) is 89.4 Å². The average molecular weight is 625 g/mol. The van der Waals surface area contributed by atoms with Gasteiger partial charge < -0.3 is 20.4 Å². The molecule has 3 amide bonds. The molecule has 11 nitrogen and oxygen atoms in total. The zero-order chi connectivity index (χ0) is 33.0. The lowest BCUT2D eigenvalue weighted by atomic mass is 10.1. The second kappa shape index (κ2) is 13.9. The highest BCUT2D eigenvalue weighted by Gasteiger charge is 2.30. The summed E-state index contributed by atoms with van der Waals surface area (Å²) < 4.78 is 15.3. The summed E-state index contributed by atoms with van der Waals surface area (Å²) in [5.41, 5.74) is 2.83. The number of nitrogens with one attached hydrogen (secondary N) is 2. The van der Waals surface area contributed by atoms with Gasteiger partial charge in [-0.05, 0) is 55.0 Å². The molecule has 0 bridgehead atoms. The van der Waals surface area contributed by atoms with Crippen molar-refractivity contribution in [1.82, 2.24) is 29.7 Å². The van der Waals surface area contributed by atoms with E-state index in [1.54, 1.807) is 32.0 Å². The number of anilines is 2. The minimum absolute atomic E-state index is 0.199. The lowest BCUT2D eigenvalue weighted by molar-refractivity contribution is -0.129. The van der Waals surface area contributed by atoms with Crippen LogP contribution < -0.4 is 10.6 Å². The van der Waals surface area contributed by atoms with E-state index in [0.29, 0.717) is 48.9 Å². The van der Waals surface area contributed by atoms with Crippen molar-refractivity contribution in [3.8, 4) is 12.3 Å². The summed E-state index contributed by atoms with van der Waals surface area (Å²) in [5, 5.41) is 5.92. The quantitative estimate of drug-likeness (QED) is 0.259. The third-order valence-electron chi connectivity index (χ3n) is 8.13. The van der Waals surface area contributed by atoms with Crippen molar-refractivity contribution < 1.29 is 18.8 Å². The van der Waals surface area contributed by atoms with Gasteiger partial charge in [0.2, 0.25) is 5.91 Å². The van der Waals surface area contributed by atoms with Gasteiger partial charge in [0.25, 0.3) is 11.8 Å². The number of nitrogens with zero attached hydrogens (tertiary/aromatic N) is 6. The molecule has 238 valence electrons. The Balaban J connectivity index is 1.32. The Hall–Kier alpha value is -5.15. The maximum atomic E-state index is 15.3. The topological polar surface area (TPSA) is 124 Å². The Bertz CT molecular complexity index is 1680. The number of aryl methyl sites for hydroxylation is 1. The van der Waals surface area contributed by atoms with Gasteiger partial charge in [-0.2, -0.15) is 0 Å². The van der Waals surface area contributed by atoms with Crippen molar-refractivity contribution in [2.75, 3.05) is 50.9 Å². The first-order valence-corrected chi connectivity index (χ1v) is 15.1. The first-order chi connectivity index (χ1) is 22.1. The number of rotatable bonds is 10. The van der Waals surface area contributed by atoms with E-state index in [4.69, 9.17) is 11.4 Å². The third kappa shape index (κ3) is 7.38. The number of pyridine rings is 3. The highest BCUT2D eigenvalue weighted by atomic mass is 19.1. The second-order valence-corrected chi connectivity index (χ2v) is 11.8. The SMILES string of the molecule is C#C[C@@H]1CN(C[C@H](Nc2cnc(C(=O)Nc3ncc(C(=O)N(C)C)cc3C)c(F)c2)c2ccc(C3CC3)cn2)CCN1C(=O)C=C. The summed E-state index contributed by atoms with van der Waals surface area (Å²) in [4.78, 5) is 55.7. The normalized spacial score (nSPS) is 17.0. The predicted octanol–water partition coefficient (Wildman–Crippen LogP) is 3.64. The summed E-state index contributed by atoms with van der Waals surface area (Å²) in [7, 11) is 3.26. The Morgan fingerprint density at radius 2 is 1.93 bits per heavy atom. The van der Waals surface area contributed by atoms with Gasteiger partial charge in [0.1, 0.15) is 11.9 Å². The van der Waals surface area contributed by atoms with E-state index in [2.05, 4.69) is 44.1 Å². The molecule has 0 spiro atoms. The molecule has 12 heteroatoms. The molecule has 1 saturated heterocycles. The fraction of sp³-hybridized carbons (Fsp3) is 0.353. The standard InChI is InChI=1S/C34H37FN8O3/c1-6-26-19-42(12-13-43(26)30(44)7-2)20-29(28-11-10-23(16-36-28)22-8-9-22)39-25-15-27(35)31(37-18-25)33(45)40-32-21(3)14-24(17-38-32)34(46)41(4)5/h1,7,10-11,14-18,22,26,29,39H,2,8-9,12-13,19-20H2,3-5H3,(H,38,40,45)/t26-,29+/m1/s1. The van der Waals surface area contributed by atoms with Gasteiger partial charge in [-0.1, -0.05) is 18.6 Å². The number of carbonyl (C=O) groups excluding carboxylic acids is 3. The van der Waals surface area contributed by atoms with Crippen molar-refractivity contribution in [2.24, 2.45) is 0 Å². The van der Waals surface area contributed by atoms with Crippen molar-refractivity contribution in [1.29, 1.82) is 0 Å². The summed E-state index contributed by atoms with van der Waals surface area (Å²) >= 11 is 0. The van der Waals surface area contributed by atoms with E-state index in [1.807, 2.05) is 12.3 Å². The van der Waals surface area contributed by atoms with Crippen LogP contribution >= 0.6 is 0 Å². The van der Waals surface area contributed by atoms with Gasteiger partial charge >= 0.3 is 0 Å².